The van der Waals surface area contributed by atoms with Crippen molar-refractivity contribution in [1.82, 2.24) is 4.98 Å². The molecule has 1 aromatic rings. The quantitative estimate of drug-likeness (QED) is 0.384. The van der Waals surface area contributed by atoms with Crippen molar-refractivity contribution in [3.8, 4) is 17.2 Å². The zero-order valence-corrected chi connectivity index (χ0v) is 10.5. The summed E-state index contributed by atoms with van der Waals surface area (Å²) >= 11 is 0. The van der Waals surface area contributed by atoms with Gasteiger partial charge in [-0.3, -0.25) is 4.79 Å². The first-order valence-corrected chi connectivity index (χ1v) is 5.77. The number of nitrogens with zero attached hydrogens (tertiary/aromatic N) is 1. The minimum atomic E-state index is -0.839. The van der Waals surface area contributed by atoms with Gasteiger partial charge in [-0.25, -0.2) is 9.78 Å². The zero-order chi connectivity index (χ0) is 14.1. The van der Waals surface area contributed by atoms with Crippen LogP contribution >= 0.6 is 0 Å². The summed E-state index contributed by atoms with van der Waals surface area (Å²) in [6.45, 7) is 0. The monoisotopic (exact) mass is 271 g/mol. The average molecular weight is 271 g/mol. The molecule has 1 aliphatic carbocycles. The fourth-order valence-corrected chi connectivity index (χ4v) is 1.82. The molecule has 2 aliphatic rings. The molecule has 6 heteroatoms. The fraction of sp³-hybridized carbons (Fsp3) is 0.0714. The van der Waals surface area contributed by atoms with E-state index in [0.29, 0.717) is 22.6 Å². The van der Waals surface area contributed by atoms with Gasteiger partial charge in [0, 0.05) is 6.07 Å². The van der Waals surface area contributed by atoms with E-state index in [2.05, 4.69) is 9.72 Å². The summed E-state index contributed by atoms with van der Waals surface area (Å²) in [6, 6.07) is 9.20. The van der Waals surface area contributed by atoms with Crippen molar-refractivity contribution in [2.24, 2.45) is 0 Å². The first-order valence-electron chi connectivity index (χ1n) is 5.77. The standard InChI is InChI=1S/C14H9NO5/c1-18-14(17)20-11-4-2-3-10-13(11)15-9-6-5-8(16)7-12(9)19-10/h2-7H,1H3. The van der Waals surface area contributed by atoms with Crippen molar-refractivity contribution in [3.63, 3.8) is 0 Å². The van der Waals surface area contributed by atoms with Gasteiger partial charge < -0.3 is 13.9 Å². The van der Waals surface area contributed by atoms with Crippen molar-refractivity contribution >= 4 is 17.3 Å². The van der Waals surface area contributed by atoms with Gasteiger partial charge in [0.25, 0.3) is 0 Å². The van der Waals surface area contributed by atoms with Crippen LogP contribution in [0.2, 0.25) is 0 Å². The minimum Gasteiger partial charge on any atom is -0.453 e. The molecule has 0 saturated carbocycles. The Morgan fingerprint density at radius 1 is 1.25 bits per heavy atom. The third kappa shape index (κ3) is 2.07. The molecule has 3 rings (SSSR count). The number of para-hydroxylation sites is 1. The lowest BCUT2D eigenvalue weighted by molar-refractivity contribution is 0.122. The number of methoxy groups -OCH3 is 1. The van der Waals surface area contributed by atoms with Crippen LogP contribution in [-0.2, 0) is 4.74 Å². The third-order valence-corrected chi connectivity index (χ3v) is 2.71. The lowest BCUT2D eigenvalue weighted by Crippen LogP contribution is -2.08. The minimum absolute atomic E-state index is 0.163. The SMILES string of the molecule is COC(=O)Oc1cccc2oc3cc(=O)ccc-3nc12. The molecule has 0 atom stereocenters. The van der Waals surface area contributed by atoms with Gasteiger partial charge >= 0.3 is 6.16 Å². The molecule has 6 nitrogen and oxygen atoms in total. The number of hydrogen-bond donors (Lipinski definition) is 0. The Bertz CT molecular complexity index is 823. The van der Waals surface area contributed by atoms with Crippen molar-refractivity contribution in [1.29, 1.82) is 0 Å². The summed E-state index contributed by atoms with van der Waals surface area (Å²) in [5.74, 6) is 0.603. The number of carbonyl (C=O) groups is 1. The number of benzene rings is 2. The van der Waals surface area contributed by atoms with E-state index in [1.54, 1.807) is 24.3 Å². The molecule has 0 amide bonds. The summed E-state index contributed by atoms with van der Waals surface area (Å²) in [4.78, 5) is 26.8. The van der Waals surface area contributed by atoms with Gasteiger partial charge in [0.05, 0.1) is 7.11 Å². The number of carbonyl (C=O) groups excluding carboxylic acids is 1. The highest BCUT2D eigenvalue weighted by molar-refractivity contribution is 5.84. The Morgan fingerprint density at radius 3 is 2.90 bits per heavy atom. The number of fused-ring (bicyclic) bond motifs is 2. The van der Waals surface area contributed by atoms with Crippen LogP contribution in [0, 0.1) is 0 Å². The van der Waals surface area contributed by atoms with E-state index in [0.717, 1.165) is 0 Å². The molecule has 0 bridgehead atoms. The van der Waals surface area contributed by atoms with Gasteiger partial charge in [-0.1, -0.05) is 6.07 Å². The van der Waals surface area contributed by atoms with E-state index in [4.69, 9.17) is 9.15 Å². The summed E-state index contributed by atoms with van der Waals surface area (Å²) in [5, 5.41) is 0. The predicted molar refractivity (Wildman–Crippen MR) is 69.9 cm³/mol. The lowest BCUT2D eigenvalue weighted by Gasteiger charge is -2.08. The van der Waals surface area contributed by atoms with E-state index in [9.17, 15) is 9.59 Å². The highest BCUT2D eigenvalue weighted by Crippen LogP contribution is 2.29. The van der Waals surface area contributed by atoms with Crippen LogP contribution in [0.3, 0.4) is 0 Å². The molecule has 20 heavy (non-hydrogen) atoms. The highest BCUT2D eigenvalue weighted by Gasteiger charge is 2.14. The summed E-state index contributed by atoms with van der Waals surface area (Å²) in [6.07, 6.45) is -0.839. The third-order valence-electron chi connectivity index (χ3n) is 2.71. The summed E-state index contributed by atoms with van der Waals surface area (Å²) in [7, 11) is 1.22. The highest BCUT2D eigenvalue weighted by atomic mass is 16.7. The normalized spacial score (nSPS) is 10.7. The Kier molecular flexibility index (Phi) is 2.83. The zero-order valence-electron chi connectivity index (χ0n) is 10.5. The van der Waals surface area contributed by atoms with E-state index < -0.39 is 6.16 Å². The second-order valence-electron chi connectivity index (χ2n) is 4.00. The molecule has 0 N–H and O–H groups in total. The van der Waals surface area contributed by atoms with Gasteiger partial charge in [0.15, 0.2) is 22.5 Å². The Morgan fingerprint density at radius 2 is 2.10 bits per heavy atom. The second-order valence-corrected chi connectivity index (χ2v) is 4.00. The van der Waals surface area contributed by atoms with Crippen LogP contribution in [0.15, 0.2) is 45.6 Å². The molecular formula is C14H9NO5. The number of ether oxygens (including phenoxy) is 2. The van der Waals surface area contributed by atoms with Gasteiger partial charge in [-0.15, -0.1) is 0 Å². The first kappa shape index (κ1) is 12.2. The Hall–Kier alpha value is -2.89. The van der Waals surface area contributed by atoms with Crippen LogP contribution in [0.25, 0.3) is 22.6 Å². The van der Waals surface area contributed by atoms with E-state index in [1.807, 2.05) is 0 Å². The van der Waals surface area contributed by atoms with Crippen LogP contribution in [-0.4, -0.2) is 18.2 Å². The molecule has 0 spiro atoms. The van der Waals surface area contributed by atoms with Crippen molar-refractivity contribution in [2.75, 3.05) is 7.11 Å². The number of rotatable bonds is 1. The molecule has 1 heterocycles. The van der Waals surface area contributed by atoms with Gasteiger partial charge in [0.2, 0.25) is 0 Å². The molecule has 0 fully saturated rings. The molecule has 0 aromatic heterocycles. The van der Waals surface area contributed by atoms with E-state index in [1.165, 1.54) is 19.2 Å². The smallest absolute Gasteiger partial charge is 0.453 e. The van der Waals surface area contributed by atoms with Crippen LogP contribution in [0.5, 0.6) is 5.75 Å². The second kappa shape index (κ2) is 4.65. The number of hydrogen-bond acceptors (Lipinski definition) is 6. The first-order chi connectivity index (χ1) is 9.67. The molecule has 0 unspecified atom stereocenters. The van der Waals surface area contributed by atoms with Gasteiger partial charge in [-0.05, 0) is 24.3 Å². The molecule has 1 aromatic carbocycles. The predicted octanol–water partition coefficient (Wildman–Crippen LogP) is 2.44. The number of aromatic nitrogens is 1. The maximum Gasteiger partial charge on any atom is 0.513 e. The molecule has 0 radical (unpaired) electrons. The molecule has 0 saturated heterocycles. The fourth-order valence-electron chi connectivity index (χ4n) is 1.82. The molecule has 100 valence electrons. The van der Waals surface area contributed by atoms with Crippen molar-refractivity contribution in [2.45, 2.75) is 0 Å². The average Bonchev–Trinajstić information content (AvgIpc) is 2.45. The summed E-state index contributed by atoms with van der Waals surface area (Å²) in [5.41, 5.74) is 1.12. The Labute approximate surface area is 112 Å². The lowest BCUT2D eigenvalue weighted by atomic mass is 10.2. The Balaban J connectivity index is 2.24. The van der Waals surface area contributed by atoms with Gasteiger partial charge in [0.1, 0.15) is 11.2 Å². The summed E-state index contributed by atoms with van der Waals surface area (Å²) < 4.78 is 15.0. The van der Waals surface area contributed by atoms with E-state index >= 15 is 0 Å². The maximum absolute atomic E-state index is 11.3. The van der Waals surface area contributed by atoms with Crippen LogP contribution < -0.4 is 10.2 Å². The van der Waals surface area contributed by atoms with Crippen LogP contribution in [0.1, 0.15) is 0 Å². The van der Waals surface area contributed by atoms with Crippen molar-refractivity contribution < 1.29 is 18.7 Å². The van der Waals surface area contributed by atoms with Gasteiger partial charge in [-0.2, -0.15) is 0 Å². The molecule has 1 aliphatic heterocycles. The van der Waals surface area contributed by atoms with E-state index in [-0.39, 0.29) is 11.2 Å². The van der Waals surface area contributed by atoms with Crippen LogP contribution in [0.4, 0.5) is 4.79 Å². The molecular weight excluding hydrogens is 262 g/mol. The topological polar surface area (TPSA) is 78.6 Å². The largest absolute Gasteiger partial charge is 0.513 e. The van der Waals surface area contributed by atoms with Crippen molar-refractivity contribution in [3.05, 3.63) is 46.6 Å². The maximum atomic E-state index is 11.3.